The molecular weight excluding hydrogens is 340 g/mol. The van der Waals surface area contributed by atoms with E-state index < -0.39 is 0 Å². The molecule has 27 heavy (non-hydrogen) atoms. The van der Waals surface area contributed by atoms with Crippen molar-refractivity contribution in [2.75, 3.05) is 18.0 Å². The van der Waals surface area contributed by atoms with E-state index in [1.54, 1.807) is 24.3 Å². The number of anilines is 1. The van der Waals surface area contributed by atoms with Crippen molar-refractivity contribution >= 4 is 23.4 Å². The van der Waals surface area contributed by atoms with E-state index in [0.717, 1.165) is 32.4 Å². The number of carbonyl (C=O) groups is 3. The quantitative estimate of drug-likeness (QED) is 0.574. The second-order valence-corrected chi connectivity index (χ2v) is 7.85. The van der Waals surface area contributed by atoms with Crippen molar-refractivity contribution in [1.82, 2.24) is 4.90 Å². The second-order valence-electron chi connectivity index (χ2n) is 7.85. The molecule has 1 saturated carbocycles. The van der Waals surface area contributed by atoms with Crippen LogP contribution in [0.1, 0.15) is 43.5 Å². The van der Waals surface area contributed by atoms with Crippen LogP contribution in [0.3, 0.4) is 0 Å². The maximum Gasteiger partial charge on any atom is 0.253 e. The number of benzene rings is 1. The molecule has 142 valence electrons. The Labute approximate surface area is 160 Å². The Morgan fingerprint density at radius 2 is 1.48 bits per heavy atom. The topological polar surface area (TPSA) is 57.7 Å². The van der Waals surface area contributed by atoms with Crippen LogP contribution in [-0.2, 0) is 9.59 Å². The lowest BCUT2D eigenvalue weighted by Gasteiger charge is -2.22. The summed E-state index contributed by atoms with van der Waals surface area (Å²) in [6.07, 6.45) is 6.95. The Morgan fingerprint density at radius 1 is 0.963 bits per heavy atom. The number of carbonyl (C=O) groups excluding carboxylic acids is 3. The Bertz CT molecular complexity index is 762. The summed E-state index contributed by atoms with van der Waals surface area (Å²) in [5, 5.41) is 0. The molecule has 3 aliphatic rings. The van der Waals surface area contributed by atoms with E-state index in [9.17, 15) is 14.4 Å². The van der Waals surface area contributed by atoms with Crippen LogP contribution in [0.2, 0.25) is 0 Å². The number of hydrogen-bond donors (Lipinski definition) is 0. The standard InChI is InChI=1S/C22H26N2O3/c1-3-11-23(12-4-2)20(25)14-7-9-17(10-8-14)24-21(26)18-15-5-6-16(13-15)19(18)22(24)27/h5-10,15-16,18-19H,3-4,11-13H2,1-2H3/t15-,16+,18-,19-/m0/s1. The molecule has 0 radical (unpaired) electrons. The first kappa shape index (κ1) is 18.0. The van der Waals surface area contributed by atoms with Crippen molar-refractivity contribution in [3.63, 3.8) is 0 Å². The molecule has 5 nitrogen and oxygen atoms in total. The number of hydrogen-bond acceptors (Lipinski definition) is 3. The first-order valence-corrected chi connectivity index (χ1v) is 10.0. The minimum Gasteiger partial charge on any atom is -0.339 e. The number of rotatable bonds is 6. The van der Waals surface area contributed by atoms with Crippen molar-refractivity contribution < 1.29 is 14.4 Å². The van der Waals surface area contributed by atoms with E-state index in [1.807, 2.05) is 4.90 Å². The zero-order chi connectivity index (χ0) is 19.1. The van der Waals surface area contributed by atoms with E-state index in [4.69, 9.17) is 0 Å². The number of nitrogens with zero attached hydrogens (tertiary/aromatic N) is 2. The normalized spacial score (nSPS) is 28.1. The fourth-order valence-corrected chi connectivity index (χ4v) is 4.95. The number of fused-ring (bicyclic) bond motifs is 5. The third-order valence-electron chi connectivity index (χ3n) is 6.12. The molecule has 0 unspecified atom stereocenters. The molecule has 0 N–H and O–H groups in total. The highest BCUT2D eigenvalue weighted by Crippen LogP contribution is 2.53. The Morgan fingerprint density at radius 3 is 1.96 bits per heavy atom. The summed E-state index contributed by atoms with van der Waals surface area (Å²) < 4.78 is 0. The maximum absolute atomic E-state index is 12.9. The van der Waals surface area contributed by atoms with Crippen LogP contribution in [0.25, 0.3) is 0 Å². The fourth-order valence-electron chi connectivity index (χ4n) is 4.95. The summed E-state index contributed by atoms with van der Waals surface area (Å²) in [6.45, 7) is 5.58. The highest BCUT2D eigenvalue weighted by molar-refractivity contribution is 6.22. The first-order chi connectivity index (χ1) is 13.1. The molecular formula is C22H26N2O3. The third kappa shape index (κ3) is 2.80. The molecule has 1 aliphatic heterocycles. The van der Waals surface area contributed by atoms with Gasteiger partial charge in [0.05, 0.1) is 17.5 Å². The summed E-state index contributed by atoms with van der Waals surface area (Å²) in [5.41, 5.74) is 1.18. The van der Waals surface area contributed by atoms with Crippen LogP contribution >= 0.6 is 0 Å². The van der Waals surface area contributed by atoms with Crippen molar-refractivity contribution in [3.8, 4) is 0 Å². The SMILES string of the molecule is CCCN(CCC)C(=O)c1ccc(N2C(=O)[C@@H]3[C@@H](C2=O)[C@H]2C=C[C@@H]3C2)cc1. The van der Waals surface area contributed by atoms with Crippen molar-refractivity contribution in [1.29, 1.82) is 0 Å². The van der Waals surface area contributed by atoms with Crippen molar-refractivity contribution in [2.45, 2.75) is 33.1 Å². The molecule has 2 bridgehead atoms. The Balaban J connectivity index is 1.54. The zero-order valence-electron chi connectivity index (χ0n) is 15.9. The smallest absolute Gasteiger partial charge is 0.253 e. The van der Waals surface area contributed by atoms with Gasteiger partial charge in [0.25, 0.3) is 5.91 Å². The van der Waals surface area contributed by atoms with Crippen LogP contribution in [-0.4, -0.2) is 35.7 Å². The Kier molecular flexibility index (Phi) is 4.62. The lowest BCUT2D eigenvalue weighted by atomic mass is 9.85. The number of imide groups is 1. The molecule has 1 aromatic carbocycles. The molecule has 1 heterocycles. The average molecular weight is 366 g/mol. The predicted octanol–water partition coefficient (Wildman–Crippen LogP) is 3.26. The van der Waals surface area contributed by atoms with E-state index in [1.165, 1.54) is 4.90 Å². The van der Waals surface area contributed by atoms with E-state index in [0.29, 0.717) is 11.3 Å². The summed E-state index contributed by atoms with van der Waals surface area (Å²) in [5.74, 6) is -0.141. The molecule has 4 atom stereocenters. The van der Waals surface area contributed by atoms with Gasteiger partial charge in [-0.2, -0.15) is 0 Å². The monoisotopic (exact) mass is 366 g/mol. The van der Waals surface area contributed by atoms with Gasteiger partial charge in [-0.1, -0.05) is 26.0 Å². The summed E-state index contributed by atoms with van der Waals surface area (Å²) in [7, 11) is 0. The van der Waals surface area contributed by atoms with E-state index in [2.05, 4.69) is 26.0 Å². The predicted molar refractivity (Wildman–Crippen MR) is 103 cm³/mol. The summed E-state index contributed by atoms with van der Waals surface area (Å²) in [4.78, 5) is 41.7. The average Bonchev–Trinajstić information content (AvgIpc) is 3.35. The van der Waals surface area contributed by atoms with Gasteiger partial charge in [-0.25, -0.2) is 0 Å². The van der Waals surface area contributed by atoms with Gasteiger partial charge >= 0.3 is 0 Å². The lowest BCUT2D eigenvalue weighted by molar-refractivity contribution is -0.123. The van der Waals surface area contributed by atoms with Gasteiger partial charge in [0.2, 0.25) is 11.8 Å². The molecule has 2 aliphatic carbocycles. The fraction of sp³-hybridized carbons (Fsp3) is 0.500. The number of amides is 3. The molecule has 2 fully saturated rings. The van der Waals surface area contributed by atoms with Gasteiger partial charge in [0.15, 0.2) is 0 Å². The van der Waals surface area contributed by atoms with Crippen molar-refractivity contribution in [3.05, 3.63) is 42.0 Å². The van der Waals surface area contributed by atoms with Gasteiger partial charge < -0.3 is 4.90 Å². The molecule has 0 spiro atoms. The van der Waals surface area contributed by atoms with Gasteiger partial charge in [0.1, 0.15) is 0 Å². The van der Waals surface area contributed by atoms with Gasteiger partial charge in [-0.05, 0) is 55.4 Å². The van der Waals surface area contributed by atoms with Gasteiger partial charge in [-0.15, -0.1) is 0 Å². The highest BCUT2D eigenvalue weighted by atomic mass is 16.2. The first-order valence-electron chi connectivity index (χ1n) is 10.0. The molecule has 4 rings (SSSR count). The van der Waals surface area contributed by atoms with Crippen LogP contribution in [0.15, 0.2) is 36.4 Å². The molecule has 3 amide bonds. The van der Waals surface area contributed by atoms with E-state index in [-0.39, 0.29) is 41.4 Å². The largest absolute Gasteiger partial charge is 0.339 e. The highest BCUT2D eigenvalue weighted by Gasteiger charge is 2.59. The number of allylic oxidation sites excluding steroid dienone is 2. The third-order valence-corrected chi connectivity index (χ3v) is 6.12. The summed E-state index contributed by atoms with van der Waals surface area (Å²) >= 11 is 0. The Hall–Kier alpha value is -2.43. The minimum atomic E-state index is -0.196. The molecule has 1 saturated heterocycles. The van der Waals surface area contributed by atoms with Crippen LogP contribution in [0.4, 0.5) is 5.69 Å². The zero-order valence-corrected chi connectivity index (χ0v) is 15.9. The van der Waals surface area contributed by atoms with E-state index >= 15 is 0 Å². The van der Waals surface area contributed by atoms with Crippen LogP contribution in [0.5, 0.6) is 0 Å². The van der Waals surface area contributed by atoms with Crippen LogP contribution in [0, 0.1) is 23.7 Å². The maximum atomic E-state index is 12.9. The summed E-state index contributed by atoms with van der Waals surface area (Å²) in [6, 6.07) is 6.93. The molecule has 0 aromatic heterocycles. The van der Waals surface area contributed by atoms with Gasteiger partial charge in [0, 0.05) is 18.7 Å². The minimum absolute atomic E-state index is 0.00318. The lowest BCUT2D eigenvalue weighted by Crippen LogP contribution is -2.33. The van der Waals surface area contributed by atoms with Gasteiger partial charge in [-0.3, -0.25) is 19.3 Å². The molecule has 5 heteroatoms. The molecule has 1 aromatic rings. The van der Waals surface area contributed by atoms with Crippen LogP contribution < -0.4 is 4.90 Å². The second kappa shape index (κ2) is 6.95. The van der Waals surface area contributed by atoms with Crippen molar-refractivity contribution in [2.24, 2.45) is 23.7 Å².